The van der Waals surface area contributed by atoms with Gasteiger partial charge in [0.05, 0.1) is 8.07 Å². The zero-order valence-electron chi connectivity index (χ0n) is 12.5. The molecule has 0 atom stereocenters. The molecule has 3 heterocycles. The van der Waals surface area contributed by atoms with Gasteiger partial charge in [-0.2, -0.15) is 0 Å². The molecule has 0 saturated carbocycles. The number of rotatable bonds is 4. The van der Waals surface area contributed by atoms with Gasteiger partial charge in [-0.1, -0.05) is 25.7 Å². The SMILES string of the molecule is C[Si](C)(C)c1ccc(-c2ccc(-c3ccc(C(=O)O)s3)s2)s1. The Balaban J connectivity index is 1.90. The third kappa shape index (κ3) is 3.10. The summed E-state index contributed by atoms with van der Waals surface area (Å²) < 4.78 is 1.52. The maximum atomic E-state index is 11.0. The Morgan fingerprint density at radius 3 is 1.82 bits per heavy atom. The predicted octanol–water partition coefficient (Wildman–Crippen LogP) is 5.45. The van der Waals surface area contributed by atoms with Crippen molar-refractivity contribution in [2.24, 2.45) is 0 Å². The molecule has 0 spiro atoms. The summed E-state index contributed by atoms with van der Waals surface area (Å²) >= 11 is 4.96. The molecule has 0 bridgehead atoms. The Bertz CT molecular complexity index is 820. The first-order valence-electron chi connectivity index (χ1n) is 6.88. The van der Waals surface area contributed by atoms with Crippen LogP contribution in [-0.2, 0) is 0 Å². The molecule has 2 nitrogen and oxygen atoms in total. The van der Waals surface area contributed by atoms with Gasteiger partial charge in [-0.15, -0.1) is 34.0 Å². The van der Waals surface area contributed by atoms with E-state index < -0.39 is 14.0 Å². The smallest absolute Gasteiger partial charge is 0.345 e. The molecule has 1 N–H and O–H groups in total. The van der Waals surface area contributed by atoms with E-state index in [1.165, 1.54) is 25.6 Å². The van der Waals surface area contributed by atoms with E-state index in [2.05, 4.69) is 43.9 Å². The fraction of sp³-hybridized carbons (Fsp3) is 0.188. The van der Waals surface area contributed by atoms with Crippen molar-refractivity contribution in [2.45, 2.75) is 19.6 Å². The number of aromatic carboxylic acids is 1. The Kier molecular flexibility index (Phi) is 4.11. The normalized spacial score (nSPS) is 11.8. The first-order chi connectivity index (χ1) is 10.3. The van der Waals surface area contributed by atoms with Crippen LogP contribution in [0.25, 0.3) is 19.5 Å². The fourth-order valence-electron chi connectivity index (χ4n) is 2.06. The van der Waals surface area contributed by atoms with E-state index in [-0.39, 0.29) is 0 Å². The Morgan fingerprint density at radius 2 is 1.32 bits per heavy atom. The molecule has 114 valence electrons. The van der Waals surface area contributed by atoms with Crippen molar-refractivity contribution in [3.63, 3.8) is 0 Å². The first kappa shape index (κ1) is 15.7. The summed E-state index contributed by atoms with van der Waals surface area (Å²) in [6.45, 7) is 7.09. The van der Waals surface area contributed by atoms with E-state index in [4.69, 9.17) is 5.11 Å². The molecule has 0 aromatic carbocycles. The fourth-order valence-corrected chi connectivity index (χ4v) is 6.99. The number of carboxylic acids is 1. The molecule has 0 aliphatic heterocycles. The lowest BCUT2D eigenvalue weighted by Crippen LogP contribution is -2.34. The van der Waals surface area contributed by atoms with Crippen molar-refractivity contribution in [1.29, 1.82) is 0 Å². The van der Waals surface area contributed by atoms with Gasteiger partial charge in [-0.3, -0.25) is 0 Å². The summed E-state index contributed by atoms with van der Waals surface area (Å²) in [6.07, 6.45) is 0. The van der Waals surface area contributed by atoms with Gasteiger partial charge in [0.25, 0.3) is 0 Å². The van der Waals surface area contributed by atoms with Crippen molar-refractivity contribution in [2.75, 3.05) is 0 Å². The standard InChI is InChI=1S/C16H16O2S3Si/c1-22(2,3)15-9-8-13(21-15)12-5-4-10(19-12)11-6-7-14(20-11)16(17)18/h4-9H,1-3H3,(H,17,18). The number of hydrogen-bond acceptors (Lipinski definition) is 4. The maximum absolute atomic E-state index is 11.0. The molecule has 22 heavy (non-hydrogen) atoms. The van der Waals surface area contributed by atoms with Crippen molar-refractivity contribution in [1.82, 2.24) is 0 Å². The second-order valence-electron chi connectivity index (χ2n) is 6.05. The van der Waals surface area contributed by atoms with Crippen LogP contribution in [0, 0.1) is 0 Å². The van der Waals surface area contributed by atoms with Gasteiger partial charge in [0.15, 0.2) is 0 Å². The lowest BCUT2D eigenvalue weighted by atomic mass is 10.3. The first-order valence-corrected chi connectivity index (χ1v) is 12.8. The monoisotopic (exact) mass is 364 g/mol. The second-order valence-corrected chi connectivity index (χ2v) is 14.7. The van der Waals surface area contributed by atoms with E-state index in [0.29, 0.717) is 4.88 Å². The predicted molar refractivity (Wildman–Crippen MR) is 101 cm³/mol. The maximum Gasteiger partial charge on any atom is 0.345 e. The summed E-state index contributed by atoms with van der Waals surface area (Å²) in [4.78, 5) is 16.1. The van der Waals surface area contributed by atoms with Gasteiger partial charge in [0.1, 0.15) is 4.88 Å². The van der Waals surface area contributed by atoms with Gasteiger partial charge >= 0.3 is 5.97 Å². The van der Waals surface area contributed by atoms with Crippen molar-refractivity contribution in [3.8, 4) is 19.5 Å². The lowest BCUT2D eigenvalue weighted by Gasteiger charge is -2.12. The van der Waals surface area contributed by atoms with Gasteiger partial charge in [-0.25, -0.2) is 4.79 Å². The van der Waals surface area contributed by atoms with Gasteiger partial charge in [-0.05, 0) is 34.8 Å². The molecular weight excluding hydrogens is 348 g/mol. The van der Waals surface area contributed by atoms with Crippen molar-refractivity contribution >= 4 is 52.6 Å². The van der Waals surface area contributed by atoms with E-state index >= 15 is 0 Å². The summed E-state index contributed by atoms with van der Waals surface area (Å²) in [5, 5.41) is 9.03. The highest BCUT2D eigenvalue weighted by atomic mass is 32.1. The number of carboxylic acid groups (broad SMARTS) is 1. The van der Waals surface area contributed by atoms with E-state index in [1.54, 1.807) is 17.4 Å². The van der Waals surface area contributed by atoms with Crippen LogP contribution in [-0.4, -0.2) is 19.1 Å². The second kappa shape index (κ2) is 5.77. The van der Waals surface area contributed by atoms with Crippen LogP contribution in [0.2, 0.25) is 19.6 Å². The molecule has 3 aromatic rings. The average molecular weight is 365 g/mol. The van der Waals surface area contributed by atoms with Gasteiger partial charge < -0.3 is 5.11 Å². The van der Waals surface area contributed by atoms with E-state index in [9.17, 15) is 4.79 Å². The molecule has 0 saturated heterocycles. The molecule has 0 aliphatic rings. The summed E-state index contributed by atoms with van der Waals surface area (Å²) in [5.41, 5.74) is 0. The molecule has 0 fully saturated rings. The zero-order chi connectivity index (χ0) is 15.9. The highest BCUT2D eigenvalue weighted by Gasteiger charge is 2.19. The zero-order valence-corrected chi connectivity index (χ0v) is 16.0. The largest absolute Gasteiger partial charge is 0.477 e. The molecule has 0 aliphatic carbocycles. The highest BCUT2D eigenvalue weighted by molar-refractivity contribution is 7.31. The minimum atomic E-state index is -1.25. The highest BCUT2D eigenvalue weighted by Crippen LogP contribution is 2.39. The molecule has 3 aromatic heterocycles. The van der Waals surface area contributed by atoms with Crippen LogP contribution in [0.4, 0.5) is 0 Å². The minimum Gasteiger partial charge on any atom is -0.477 e. The van der Waals surface area contributed by atoms with Crippen LogP contribution < -0.4 is 4.50 Å². The van der Waals surface area contributed by atoms with E-state index in [0.717, 1.165) is 9.75 Å². The van der Waals surface area contributed by atoms with Crippen LogP contribution in [0.1, 0.15) is 9.67 Å². The van der Waals surface area contributed by atoms with Crippen molar-refractivity contribution in [3.05, 3.63) is 41.3 Å². The minimum absolute atomic E-state index is 0.391. The number of thiophene rings is 3. The van der Waals surface area contributed by atoms with Crippen LogP contribution >= 0.6 is 34.0 Å². The molecule has 0 radical (unpaired) electrons. The summed E-state index contributed by atoms with van der Waals surface area (Å²) in [6, 6.07) is 12.3. The lowest BCUT2D eigenvalue weighted by molar-refractivity contribution is 0.0702. The Morgan fingerprint density at radius 1 is 0.818 bits per heavy atom. The van der Waals surface area contributed by atoms with Crippen LogP contribution in [0.15, 0.2) is 36.4 Å². The molecular formula is C16H16O2S3Si. The van der Waals surface area contributed by atoms with Gasteiger partial charge in [0, 0.05) is 19.5 Å². The Labute approximate surface area is 142 Å². The van der Waals surface area contributed by atoms with E-state index in [1.807, 2.05) is 17.4 Å². The van der Waals surface area contributed by atoms with Gasteiger partial charge in [0.2, 0.25) is 0 Å². The average Bonchev–Trinajstić information content (AvgIpc) is 3.17. The van der Waals surface area contributed by atoms with Crippen LogP contribution in [0.5, 0.6) is 0 Å². The van der Waals surface area contributed by atoms with Crippen LogP contribution in [0.3, 0.4) is 0 Å². The molecule has 6 heteroatoms. The Hall–Kier alpha value is -1.21. The number of hydrogen-bond donors (Lipinski definition) is 1. The molecule has 0 amide bonds. The molecule has 0 unspecified atom stereocenters. The molecule has 3 rings (SSSR count). The number of carbonyl (C=O) groups is 1. The topological polar surface area (TPSA) is 37.3 Å². The third-order valence-electron chi connectivity index (χ3n) is 3.25. The summed E-state index contributed by atoms with van der Waals surface area (Å²) in [5.74, 6) is -0.855. The third-order valence-corrected chi connectivity index (χ3v) is 10.5. The quantitative estimate of drug-likeness (QED) is 0.625. The summed E-state index contributed by atoms with van der Waals surface area (Å²) in [7, 11) is -1.25. The van der Waals surface area contributed by atoms with Crippen molar-refractivity contribution < 1.29 is 9.90 Å².